The minimum atomic E-state index is -0.0925. The predicted octanol–water partition coefficient (Wildman–Crippen LogP) is 4.47. The Morgan fingerprint density at radius 3 is 2.63 bits per heavy atom. The van der Waals surface area contributed by atoms with E-state index in [9.17, 15) is 4.79 Å². The molecular weight excluding hydrogens is 396 g/mol. The number of hydrogen-bond acceptors (Lipinski definition) is 6. The van der Waals surface area contributed by atoms with Crippen LogP contribution in [0.5, 0.6) is 0 Å². The largest absolute Gasteiger partial charge is 0.361 e. The van der Waals surface area contributed by atoms with Gasteiger partial charge in [-0.3, -0.25) is 9.69 Å². The number of aromatic nitrogens is 2. The lowest BCUT2D eigenvalue weighted by atomic mass is 9.88. The summed E-state index contributed by atoms with van der Waals surface area (Å²) in [7, 11) is 0. The number of likely N-dealkylation sites (tertiary alicyclic amines) is 1. The van der Waals surface area contributed by atoms with Crippen molar-refractivity contribution in [1.82, 2.24) is 20.4 Å². The monoisotopic (exact) mass is 430 g/mol. The number of carbonyl (C=O) groups is 1. The van der Waals surface area contributed by atoms with Crippen molar-refractivity contribution in [2.24, 2.45) is 11.8 Å². The van der Waals surface area contributed by atoms with Crippen molar-refractivity contribution in [3.8, 4) is 0 Å². The van der Waals surface area contributed by atoms with E-state index in [-0.39, 0.29) is 11.4 Å². The summed E-state index contributed by atoms with van der Waals surface area (Å²) in [4.78, 5) is 20.0. The number of carbonyl (C=O) groups excluding carboxylic acids is 1. The summed E-state index contributed by atoms with van der Waals surface area (Å²) >= 11 is 1.54. The highest BCUT2D eigenvalue weighted by molar-refractivity contribution is 7.98. The lowest BCUT2D eigenvalue weighted by Crippen LogP contribution is -2.56. The van der Waals surface area contributed by atoms with Crippen LogP contribution in [0.25, 0.3) is 0 Å². The predicted molar refractivity (Wildman–Crippen MR) is 121 cm³/mol. The summed E-state index contributed by atoms with van der Waals surface area (Å²) in [5.74, 6) is 2.79. The van der Waals surface area contributed by atoms with Gasteiger partial charge in [0.05, 0.1) is 11.3 Å². The number of nitrogens with zero attached hydrogens (tertiary/aromatic N) is 3. The van der Waals surface area contributed by atoms with E-state index in [2.05, 4.69) is 48.1 Å². The van der Waals surface area contributed by atoms with Crippen molar-refractivity contribution in [2.75, 3.05) is 19.6 Å². The van der Waals surface area contributed by atoms with Gasteiger partial charge in [0.1, 0.15) is 10.8 Å². The van der Waals surface area contributed by atoms with Crippen LogP contribution < -0.4 is 5.32 Å². The molecule has 3 heterocycles. The number of nitrogens with one attached hydrogen (secondary N) is 1. The van der Waals surface area contributed by atoms with E-state index in [1.54, 1.807) is 18.0 Å². The summed E-state index contributed by atoms with van der Waals surface area (Å²) in [6, 6.07) is 3.66. The molecule has 0 radical (unpaired) electrons. The summed E-state index contributed by atoms with van der Waals surface area (Å²) in [6.45, 7) is 15.7. The summed E-state index contributed by atoms with van der Waals surface area (Å²) in [6.07, 6.45) is 3.01. The zero-order valence-electron chi connectivity index (χ0n) is 19.0. The summed E-state index contributed by atoms with van der Waals surface area (Å²) < 4.78 is 5.24. The van der Waals surface area contributed by atoms with Crippen molar-refractivity contribution in [3.05, 3.63) is 40.9 Å². The van der Waals surface area contributed by atoms with Crippen molar-refractivity contribution in [1.29, 1.82) is 0 Å². The Bertz CT molecular complexity index is 850. The fourth-order valence-corrected chi connectivity index (χ4v) is 5.33. The molecule has 6 nitrogen and oxygen atoms in total. The van der Waals surface area contributed by atoms with Gasteiger partial charge in [-0.1, -0.05) is 19.0 Å². The molecule has 1 saturated heterocycles. The fourth-order valence-electron chi connectivity index (χ4n) is 4.19. The van der Waals surface area contributed by atoms with E-state index >= 15 is 0 Å². The summed E-state index contributed by atoms with van der Waals surface area (Å²) in [5, 5.41) is 7.89. The summed E-state index contributed by atoms with van der Waals surface area (Å²) in [5.41, 5.74) is 2.47. The van der Waals surface area contributed by atoms with Gasteiger partial charge in [-0.05, 0) is 58.1 Å². The van der Waals surface area contributed by atoms with Crippen molar-refractivity contribution >= 4 is 17.7 Å². The van der Waals surface area contributed by atoms with E-state index in [1.165, 1.54) is 6.42 Å². The second-order valence-corrected chi connectivity index (χ2v) is 10.3. The highest BCUT2D eigenvalue weighted by Gasteiger charge is 2.33. The minimum absolute atomic E-state index is 0.0736. The maximum absolute atomic E-state index is 13.0. The maximum Gasteiger partial charge on any atom is 0.254 e. The first kappa shape index (κ1) is 22.8. The molecule has 1 aliphatic rings. The minimum Gasteiger partial charge on any atom is -0.361 e. The van der Waals surface area contributed by atoms with Crippen LogP contribution in [0.15, 0.2) is 27.9 Å². The molecule has 2 aromatic rings. The smallest absolute Gasteiger partial charge is 0.254 e. The van der Waals surface area contributed by atoms with Gasteiger partial charge < -0.3 is 9.84 Å². The topological polar surface area (TPSA) is 71.3 Å². The molecule has 0 saturated carbocycles. The highest BCUT2D eigenvalue weighted by Crippen LogP contribution is 2.28. The van der Waals surface area contributed by atoms with Crippen LogP contribution in [0, 0.1) is 25.7 Å². The Balaban J connectivity index is 1.64. The molecule has 0 aliphatic carbocycles. The first-order valence-corrected chi connectivity index (χ1v) is 11.7. The average Bonchev–Trinajstić information content (AvgIpc) is 3.01. The van der Waals surface area contributed by atoms with Crippen LogP contribution in [0.2, 0.25) is 0 Å². The molecule has 2 unspecified atom stereocenters. The lowest BCUT2D eigenvalue weighted by Gasteiger charge is -2.45. The van der Waals surface area contributed by atoms with Gasteiger partial charge in [0, 0.05) is 42.7 Å². The average molecular weight is 431 g/mol. The molecule has 0 spiro atoms. The van der Waals surface area contributed by atoms with Crippen LogP contribution in [-0.4, -0.2) is 46.1 Å². The number of rotatable bonds is 7. The Morgan fingerprint density at radius 1 is 1.30 bits per heavy atom. The van der Waals surface area contributed by atoms with Gasteiger partial charge in [0.25, 0.3) is 5.91 Å². The normalized spacial score (nSPS) is 20.3. The van der Waals surface area contributed by atoms with E-state index in [1.807, 2.05) is 26.0 Å². The molecule has 30 heavy (non-hydrogen) atoms. The zero-order chi connectivity index (χ0) is 21.9. The Labute approximate surface area is 184 Å². The fraction of sp³-hybridized carbons (Fsp3) is 0.609. The van der Waals surface area contributed by atoms with E-state index in [0.717, 1.165) is 35.1 Å². The van der Waals surface area contributed by atoms with Crippen LogP contribution in [-0.2, 0) is 5.75 Å². The molecule has 1 N–H and O–H groups in total. The molecule has 164 valence electrons. The van der Waals surface area contributed by atoms with Gasteiger partial charge in [0.2, 0.25) is 0 Å². The molecule has 2 aromatic heterocycles. The Hall–Kier alpha value is -1.86. The van der Waals surface area contributed by atoms with Crippen molar-refractivity contribution in [3.63, 3.8) is 0 Å². The van der Waals surface area contributed by atoms with Gasteiger partial charge >= 0.3 is 0 Å². The SMILES string of the molecule is Cc1noc(C)c1CSc1ncccc1C(=O)NCC(C)(C)N1CC(C)CC(C)C1. The van der Waals surface area contributed by atoms with Gasteiger partial charge in [-0.25, -0.2) is 4.98 Å². The number of aryl methyl sites for hydroxylation is 2. The van der Waals surface area contributed by atoms with Crippen LogP contribution in [0.1, 0.15) is 61.5 Å². The molecule has 1 amide bonds. The number of piperidine rings is 1. The molecule has 7 heteroatoms. The standard InChI is InChI=1S/C23H34N4O2S/c1-15-10-16(2)12-27(11-15)23(5,6)14-25-21(28)19-8-7-9-24-22(19)30-13-20-17(3)26-29-18(20)4/h7-9,15-16H,10-14H2,1-6H3,(H,25,28). The lowest BCUT2D eigenvalue weighted by molar-refractivity contribution is 0.0444. The van der Waals surface area contributed by atoms with Crippen LogP contribution >= 0.6 is 11.8 Å². The van der Waals surface area contributed by atoms with Gasteiger partial charge in [-0.2, -0.15) is 0 Å². The second kappa shape index (κ2) is 9.52. The Kier molecular flexibility index (Phi) is 7.24. The molecule has 1 aliphatic heterocycles. The highest BCUT2D eigenvalue weighted by atomic mass is 32.2. The molecular formula is C23H34N4O2S. The third kappa shape index (κ3) is 5.43. The van der Waals surface area contributed by atoms with Crippen LogP contribution in [0.4, 0.5) is 0 Å². The first-order chi connectivity index (χ1) is 14.2. The molecule has 0 bridgehead atoms. The molecule has 3 rings (SSSR count). The van der Waals surface area contributed by atoms with Crippen LogP contribution in [0.3, 0.4) is 0 Å². The van der Waals surface area contributed by atoms with Crippen molar-refractivity contribution in [2.45, 2.75) is 64.3 Å². The maximum atomic E-state index is 13.0. The number of amides is 1. The van der Waals surface area contributed by atoms with Gasteiger partial charge in [0.15, 0.2) is 0 Å². The molecule has 1 fully saturated rings. The van der Waals surface area contributed by atoms with E-state index in [4.69, 9.17) is 4.52 Å². The van der Waals surface area contributed by atoms with Crippen molar-refractivity contribution < 1.29 is 9.32 Å². The zero-order valence-corrected chi connectivity index (χ0v) is 19.8. The molecule has 2 atom stereocenters. The Morgan fingerprint density at radius 2 is 2.00 bits per heavy atom. The number of hydrogen-bond donors (Lipinski definition) is 1. The number of pyridine rings is 1. The van der Waals surface area contributed by atoms with Gasteiger partial charge in [-0.15, -0.1) is 11.8 Å². The quantitative estimate of drug-likeness (QED) is 0.654. The molecule has 0 aromatic carbocycles. The third-order valence-electron chi connectivity index (χ3n) is 5.96. The number of thioether (sulfide) groups is 1. The first-order valence-electron chi connectivity index (χ1n) is 10.7. The second-order valence-electron chi connectivity index (χ2n) is 9.29. The third-order valence-corrected chi connectivity index (χ3v) is 6.99. The van der Waals surface area contributed by atoms with E-state index in [0.29, 0.717) is 29.7 Å². The van der Waals surface area contributed by atoms with E-state index < -0.39 is 0 Å².